The molecule has 104 valence electrons. The SMILES string of the molecule is Cc1ccc([N+](=O)[O-])c(OCC2(CBr)CCCC2)c1. The second kappa shape index (κ2) is 5.90. The van der Waals surface area contributed by atoms with Crippen molar-refractivity contribution < 1.29 is 9.66 Å². The maximum absolute atomic E-state index is 11.0. The van der Waals surface area contributed by atoms with Crippen molar-refractivity contribution in [2.24, 2.45) is 5.41 Å². The highest BCUT2D eigenvalue weighted by Crippen LogP contribution is 2.40. The predicted molar refractivity (Wildman–Crippen MR) is 78.0 cm³/mol. The summed E-state index contributed by atoms with van der Waals surface area (Å²) in [5, 5.41) is 11.9. The number of nitrogens with zero attached hydrogens (tertiary/aromatic N) is 1. The zero-order valence-corrected chi connectivity index (χ0v) is 12.6. The minimum absolute atomic E-state index is 0.0494. The number of rotatable bonds is 5. The molecule has 0 amide bonds. The van der Waals surface area contributed by atoms with Gasteiger partial charge in [0.15, 0.2) is 5.75 Å². The molecule has 4 nitrogen and oxygen atoms in total. The van der Waals surface area contributed by atoms with E-state index in [9.17, 15) is 10.1 Å². The molecule has 0 unspecified atom stereocenters. The molecule has 0 bridgehead atoms. The quantitative estimate of drug-likeness (QED) is 0.461. The van der Waals surface area contributed by atoms with Gasteiger partial charge in [0.05, 0.1) is 11.5 Å². The third-order valence-corrected chi connectivity index (χ3v) is 4.98. The summed E-state index contributed by atoms with van der Waals surface area (Å²) in [6.07, 6.45) is 4.67. The van der Waals surface area contributed by atoms with Gasteiger partial charge in [0.2, 0.25) is 0 Å². The number of ether oxygens (including phenoxy) is 1. The fourth-order valence-corrected chi connectivity index (χ4v) is 3.28. The average molecular weight is 328 g/mol. The van der Waals surface area contributed by atoms with Crippen molar-refractivity contribution in [3.05, 3.63) is 33.9 Å². The molecule has 1 fully saturated rings. The van der Waals surface area contributed by atoms with Crippen LogP contribution in [0.15, 0.2) is 18.2 Å². The molecule has 0 radical (unpaired) electrons. The van der Waals surface area contributed by atoms with E-state index in [4.69, 9.17) is 4.74 Å². The number of hydrogen-bond donors (Lipinski definition) is 0. The van der Waals surface area contributed by atoms with Crippen LogP contribution in [0.5, 0.6) is 5.75 Å². The summed E-state index contributed by atoms with van der Waals surface area (Å²) < 4.78 is 5.79. The van der Waals surface area contributed by atoms with Gasteiger partial charge in [-0.1, -0.05) is 34.8 Å². The lowest BCUT2D eigenvalue weighted by Crippen LogP contribution is -2.27. The van der Waals surface area contributed by atoms with E-state index in [0.29, 0.717) is 12.4 Å². The van der Waals surface area contributed by atoms with Gasteiger partial charge in [-0.25, -0.2) is 0 Å². The molecule has 0 N–H and O–H groups in total. The van der Waals surface area contributed by atoms with Crippen molar-refractivity contribution >= 4 is 21.6 Å². The van der Waals surface area contributed by atoms with Crippen LogP contribution in [0.1, 0.15) is 31.2 Å². The van der Waals surface area contributed by atoms with Crippen molar-refractivity contribution in [1.29, 1.82) is 0 Å². The minimum Gasteiger partial charge on any atom is -0.486 e. The third kappa shape index (κ3) is 3.26. The molecule has 1 aliphatic rings. The molecule has 2 rings (SSSR count). The summed E-state index contributed by atoms with van der Waals surface area (Å²) in [5.74, 6) is 0.386. The second-order valence-electron chi connectivity index (χ2n) is 5.36. The van der Waals surface area contributed by atoms with E-state index in [1.54, 1.807) is 12.1 Å². The maximum atomic E-state index is 11.0. The summed E-state index contributed by atoms with van der Waals surface area (Å²) in [5.41, 5.74) is 1.16. The molecule has 1 aromatic rings. The van der Waals surface area contributed by atoms with Gasteiger partial charge in [0, 0.05) is 16.8 Å². The standard InChI is InChI=1S/C14H18BrNO3/c1-11-4-5-12(16(17)18)13(8-11)19-10-14(9-15)6-2-3-7-14/h4-5,8H,2-3,6-7,9-10H2,1H3. The predicted octanol–water partition coefficient (Wildman–Crippen LogP) is 4.24. The Bertz CT molecular complexity index is 470. The summed E-state index contributed by atoms with van der Waals surface area (Å²) in [7, 11) is 0. The molecule has 1 aliphatic carbocycles. The van der Waals surface area contributed by atoms with Crippen LogP contribution in [0.2, 0.25) is 0 Å². The van der Waals surface area contributed by atoms with Gasteiger partial charge in [0.1, 0.15) is 0 Å². The molecule has 0 saturated heterocycles. The van der Waals surface area contributed by atoms with Crippen molar-refractivity contribution in [3.8, 4) is 5.75 Å². The number of nitro benzene ring substituents is 1. The number of benzene rings is 1. The molecular weight excluding hydrogens is 310 g/mol. The Morgan fingerprint density at radius 1 is 1.42 bits per heavy atom. The average Bonchev–Trinajstić information content (AvgIpc) is 2.85. The van der Waals surface area contributed by atoms with Crippen LogP contribution in [0.3, 0.4) is 0 Å². The monoisotopic (exact) mass is 327 g/mol. The molecule has 0 heterocycles. The molecule has 1 aromatic carbocycles. The summed E-state index contributed by atoms with van der Waals surface area (Å²) in [6.45, 7) is 2.45. The number of halogens is 1. The van der Waals surface area contributed by atoms with Gasteiger partial charge in [0.25, 0.3) is 0 Å². The zero-order chi connectivity index (χ0) is 13.9. The van der Waals surface area contributed by atoms with Crippen LogP contribution < -0.4 is 4.74 Å². The fourth-order valence-electron chi connectivity index (χ4n) is 2.56. The molecule has 0 atom stereocenters. The second-order valence-corrected chi connectivity index (χ2v) is 5.92. The molecule has 0 aliphatic heterocycles. The van der Waals surface area contributed by atoms with Crippen molar-refractivity contribution in [1.82, 2.24) is 0 Å². The van der Waals surface area contributed by atoms with Crippen LogP contribution in [0, 0.1) is 22.5 Å². The van der Waals surface area contributed by atoms with Crippen LogP contribution >= 0.6 is 15.9 Å². The summed E-state index contributed by atoms with van der Waals surface area (Å²) in [4.78, 5) is 10.6. The lowest BCUT2D eigenvalue weighted by atomic mass is 9.90. The van der Waals surface area contributed by atoms with E-state index in [1.165, 1.54) is 18.9 Å². The largest absolute Gasteiger partial charge is 0.486 e. The van der Waals surface area contributed by atoms with Gasteiger partial charge < -0.3 is 4.74 Å². The number of aryl methyl sites for hydroxylation is 1. The lowest BCUT2D eigenvalue weighted by molar-refractivity contribution is -0.386. The van der Waals surface area contributed by atoms with Gasteiger partial charge in [-0.2, -0.15) is 0 Å². The van der Waals surface area contributed by atoms with E-state index >= 15 is 0 Å². The van der Waals surface area contributed by atoms with Crippen LogP contribution in [0.25, 0.3) is 0 Å². The first-order valence-corrected chi connectivity index (χ1v) is 7.62. The van der Waals surface area contributed by atoms with Gasteiger partial charge in [-0.05, 0) is 31.4 Å². The van der Waals surface area contributed by atoms with Gasteiger partial charge >= 0.3 is 5.69 Å². The van der Waals surface area contributed by atoms with Crippen molar-refractivity contribution in [2.75, 3.05) is 11.9 Å². The number of hydrogen-bond acceptors (Lipinski definition) is 3. The first-order valence-electron chi connectivity index (χ1n) is 6.50. The molecule has 0 aromatic heterocycles. The Kier molecular flexibility index (Phi) is 4.45. The molecule has 19 heavy (non-hydrogen) atoms. The zero-order valence-electron chi connectivity index (χ0n) is 11.0. The molecular formula is C14H18BrNO3. The van der Waals surface area contributed by atoms with E-state index in [-0.39, 0.29) is 16.0 Å². The first kappa shape index (κ1) is 14.3. The van der Waals surface area contributed by atoms with E-state index in [1.807, 2.05) is 6.92 Å². The number of nitro groups is 1. The van der Waals surface area contributed by atoms with Crippen LogP contribution in [-0.2, 0) is 0 Å². The number of alkyl halides is 1. The minimum atomic E-state index is -0.385. The highest BCUT2D eigenvalue weighted by atomic mass is 79.9. The van der Waals surface area contributed by atoms with Crippen LogP contribution in [0.4, 0.5) is 5.69 Å². The highest BCUT2D eigenvalue weighted by Gasteiger charge is 2.34. The lowest BCUT2D eigenvalue weighted by Gasteiger charge is -2.26. The van der Waals surface area contributed by atoms with E-state index in [0.717, 1.165) is 23.7 Å². The van der Waals surface area contributed by atoms with Crippen LogP contribution in [-0.4, -0.2) is 16.9 Å². The maximum Gasteiger partial charge on any atom is 0.310 e. The molecule has 0 spiro atoms. The smallest absolute Gasteiger partial charge is 0.310 e. The summed E-state index contributed by atoms with van der Waals surface area (Å²) in [6, 6.07) is 5.00. The Morgan fingerprint density at radius 3 is 2.68 bits per heavy atom. The van der Waals surface area contributed by atoms with E-state index < -0.39 is 0 Å². The topological polar surface area (TPSA) is 52.4 Å². The fraction of sp³-hybridized carbons (Fsp3) is 0.571. The Labute approximate surface area is 121 Å². The van der Waals surface area contributed by atoms with E-state index in [2.05, 4.69) is 15.9 Å². The Hall–Kier alpha value is -1.10. The summed E-state index contributed by atoms with van der Waals surface area (Å²) >= 11 is 3.55. The van der Waals surface area contributed by atoms with Crippen molar-refractivity contribution in [3.63, 3.8) is 0 Å². The Balaban J connectivity index is 2.14. The molecule has 1 saturated carbocycles. The molecule has 5 heteroatoms. The Morgan fingerprint density at radius 2 is 2.11 bits per heavy atom. The highest BCUT2D eigenvalue weighted by molar-refractivity contribution is 9.09. The third-order valence-electron chi connectivity index (χ3n) is 3.79. The first-order chi connectivity index (χ1) is 9.06. The van der Waals surface area contributed by atoms with Gasteiger partial charge in [-0.3, -0.25) is 10.1 Å². The normalized spacial score (nSPS) is 17.4. The van der Waals surface area contributed by atoms with Crippen molar-refractivity contribution in [2.45, 2.75) is 32.6 Å². The van der Waals surface area contributed by atoms with Gasteiger partial charge in [-0.15, -0.1) is 0 Å².